The lowest BCUT2D eigenvalue weighted by atomic mass is 9.76. The first-order chi connectivity index (χ1) is 18.6. The van der Waals surface area contributed by atoms with Crippen molar-refractivity contribution in [1.82, 2.24) is 14.7 Å². The van der Waals surface area contributed by atoms with Crippen molar-refractivity contribution >= 4 is 17.8 Å². The maximum Gasteiger partial charge on any atom is 0.326 e. The topological polar surface area (TPSA) is 80.9 Å². The van der Waals surface area contributed by atoms with Crippen LogP contribution in [0.4, 0.5) is 0 Å². The van der Waals surface area contributed by atoms with Crippen LogP contribution >= 0.6 is 0 Å². The highest BCUT2D eigenvalue weighted by atomic mass is 16.4. The van der Waals surface area contributed by atoms with Crippen LogP contribution in [0.15, 0.2) is 91.0 Å². The Morgan fingerprint density at radius 1 is 0.769 bits per heavy atom. The summed E-state index contributed by atoms with van der Waals surface area (Å²) in [5.74, 6) is -1.91. The second-order valence-corrected chi connectivity index (χ2v) is 10.6. The number of hydrogen-bond donors (Lipinski definition) is 1. The van der Waals surface area contributed by atoms with Crippen molar-refractivity contribution < 1.29 is 19.5 Å². The molecule has 0 aromatic heterocycles. The molecule has 1 aliphatic heterocycles. The number of rotatable bonds is 10. The number of nitrogens with zero attached hydrogens (tertiary/aromatic N) is 3. The van der Waals surface area contributed by atoms with E-state index in [0.717, 1.165) is 16.7 Å². The van der Waals surface area contributed by atoms with Gasteiger partial charge in [-0.2, -0.15) is 0 Å². The van der Waals surface area contributed by atoms with Gasteiger partial charge >= 0.3 is 5.97 Å². The molecule has 204 valence electrons. The maximum absolute atomic E-state index is 13.9. The minimum absolute atomic E-state index is 0.173. The first-order valence-electron chi connectivity index (χ1n) is 13.3. The summed E-state index contributed by atoms with van der Waals surface area (Å²) in [6.45, 7) is 5.70. The third-order valence-corrected chi connectivity index (χ3v) is 7.84. The van der Waals surface area contributed by atoms with E-state index in [9.17, 15) is 19.5 Å². The normalized spacial score (nSPS) is 18.2. The fourth-order valence-corrected chi connectivity index (χ4v) is 5.68. The average molecular weight is 528 g/mol. The van der Waals surface area contributed by atoms with Crippen LogP contribution in [0.3, 0.4) is 0 Å². The van der Waals surface area contributed by atoms with Gasteiger partial charge in [0.25, 0.3) is 0 Å². The average Bonchev–Trinajstić information content (AvgIpc) is 3.74. The number of benzene rings is 3. The van der Waals surface area contributed by atoms with Crippen LogP contribution in [0.5, 0.6) is 0 Å². The predicted molar refractivity (Wildman–Crippen MR) is 151 cm³/mol. The molecule has 0 spiro atoms. The Morgan fingerprint density at radius 3 is 1.54 bits per heavy atom. The van der Waals surface area contributed by atoms with Gasteiger partial charge < -0.3 is 14.9 Å². The number of hydrogen-bond acceptors (Lipinski definition) is 4. The third-order valence-electron chi connectivity index (χ3n) is 7.84. The molecule has 3 aromatic rings. The summed E-state index contributed by atoms with van der Waals surface area (Å²) in [6.07, 6.45) is 0. The molecule has 2 unspecified atom stereocenters. The van der Waals surface area contributed by atoms with E-state index in [0.29, 0.717) is 6.54 Å². The summed E-state index contributed by atoms with van der Waals surface area (Å²) in [4.78, 5) is 43.8. The van der Waals surface area contributed by atoms with Crippen LogP contribution in [0.25, 0.3) is 0 Å². The molecule has 1 aliphatic rings. The highest BCUT2D eigenvalue weighted by Gasteiger charge is 2.57. The molecule has 0 saturated carbocycles. The molecule has 1 saturated heterocycles. The number of amides is 2. The van der Waals surface area contributed by atoms with Gasteiger partial charge in [0.2, 0.25) is 11.8 Å². The molecule has 0 aliphatic carbocycles. The molecule has 1 fully saturated rings. The van der Waals surface area contributed by atoms with Gasteiger partial charge in [-0.15, -0.1) is 0 Å². The Bertz CT molecular complexity index is 1200. The lowest BCUT2D eigenvalue weighted by Gasteiger charge is -2.38. The van der Waals surface area contributed by atoms with E-state index in [4.69, 9.17) is 0 Å². The van der Waals surface area contributed by atoms with Crippen LogP contribution in [-0.2, 0) is 19.9 Å². The summed E-state index contributed by atoms with van der Waals surface area (Å²) in [7, 11) is 3.11. The molecule has 1 N–H and O–H groups in total. The number of carboxylic acid groups (broad SMARTS) is 1. The molecule has 39 heavy (non-hydrogen) atoms. The minimum atomic E-state index is -1.06. The monoisotopic (exact) mass is 527 g/mol. The van der Waals surface area contributed by atoms with Crippen LogP contribution in [0, 0.1) is 5.92 Å². The maximum atomic E-state index is 13.9. The lowest BCUT2D eigenvalue weighted by Crippen LogP contribution is -2.54. The summed E-state index contributed by atoms with van der Waals surface area (Å²) >= 11 is 0. The number of aliphatic carboxylic acids is 1. The quantitative estimate of drug-likeness (QED) is 0.318. The van der Waals surface area contributed by atoms with Gasteiger partial charge in [-0.1, -0.05) is 105 Å². The minimum Gasteiger partial charge on any atom is -0.480 e. The Morgan fingerprint density at radius 2 is 1.18 bits per heavy atom. The van der Waals surface area contributed by atoms with Crippen molar-refractivity contribution in [3.63, 3.8) is 0 Å². The second-order valence-electron chi connectivity index (χ2n) is 10.6. The Labute approximate surface area is 230 Å². The van der Waals surface area contributed by atoms with Crippen LogP contribution in [0.1, 0.15) is 37.5 Å². The molecular weight excluding hydrogens is 490 g/mol. The zero-order valence-corrected chi connectivity index (χ0v) is 23.2. The molecule has 3 aromatic carbocycles. The van der Waals surface area contributed by atoms with E-state index in [1.165, 1.54) is 16.8 Å². The van der Waals surface area contributed by atoms with Gasteiger partial charge in [0, 0.05) is 20.6 Å². The Hall–Kier alpha value is -3.97. The van der Waals surface area contributed by atoms with Gasteiger partial charge in [-0.25, -0.2) is 4.79 Å². The lowest BCUT2D eigenvalue weighted by molar-refractivity contribution is -0.154. The molecule has 4 rings (SSSR count). The Balaban J connectivity index is 1.68. The number of carboxylic acids is 1. The molecule has 7 heteroatoms. The van der Waals surface area contributed by atoms with E-state index in [1.54, 1.807) is 27.8 Å². The van der Waals surface area contributed by atoms with E-state index in [2.05, 4.69) is 41.3 Å². The van der Waals surface area contributed by atoms with Crippen molar-refractivity contribution in [2.24, 2.45) is 5.92 Å². The highest BCUT2D eigenvalue weighted by molar-refractivity contribution is 5.92. The summed E-state index contributed by atoms with van der Waals surface area (Å²) in [5, 5.41) is 9.66. The molecule has 0 bridgehead atoms. The summed E-state index contributed by atoms with van der Waals surface area (Å²) in [5.41, 5.74) is 2.43. The summed E-state index contributed by atoms with van der Waals surface area (Å²) in [6, 6.07) is 28.3. The highest BCUT2D eigenvalue weighted by Crippen LogP contribution is 2.48. The van der Waals surface area contributed by atoms with Gasteiger partial charge in [-0.3, -0.25) is 14.5 Å². The van der Waals surface area contributed by atoms with Crippen molar-refractivity contribution in [3.8, 4) is 0 Å². The zero-order chi connectivity index (χ0) is 28.3. The summed E-state index contributed by atoms with van der Waals surface area (Å²) < 4.78 is 0. The van der Waals surface area contributed by atoms with Gasteiger partial charge in [0.15, 0.2) is 0 Å². The molecule has 0 radical (unpaired) electrons. The van der Waals surface area contributed by atoms with E-state index in [-0.39, 0.29) is 11.8 Å². The smallest absolute Gasteiger partial charge is 0.326 e. The van der Waals surface area contributed by atoms with Crippen molar-refractivity contribution in [1.29, 1.82) is 0 Å². The third kappa shape index (κ3) is 5.19. The second kappa shape index (κ2) is 11.4. The van der Waals surface area contributed by atoms with Crippen molar-refractivity contribution in [3.05, 3.63) is 108 Å². The predicted octanol–water partition coefficient (Wildman–Crippen LogP) is 4.08. The fourth-order valence-electron chi connectivity index (χ4n) is 5.68. The zero-order valence-electron chi connectivity index (χ0n) is 23.2. The largest absolute Gasteiger partial charge is 0.480 e. The SMILES string of the molecule is CC(C)[C@@H](C(=O)O)N(C)C(=O)[C@@H](C)N(C)C(=O)C1CN1C(c1ccccc1)(c1ccccc1)c1ccccc1. The van der Waals surface area contributed by atoms with Crippen LogP contribution in [-0.4, -0.2) is 76.4 Å². The molecule has 1 heterocycles. The standard InChI is InChI=1S/C32H37N3O4/c1-22(2)28(31(38)39)34(5)29(36)23(3)33(4)30(37)27-21-35(27)32(24-15-9-6-10-16-24,25-17-11-7-12-18-25)26-19-13-8-14-20-26/h6-20,22-23,27-28H,21H2,1-5H3,(H,38,39)/t23-,27?,28+,35?/m1/s1. The van der Waals surface area contributed by atoms with Gasteiger partial charge in [-0.05, 0) is 29.5 Å². The fraction of sp³-hybridized carbons (Fsp3) is 0.344. The first kappa shape index (κ1) is 28.0. The molecule has 7 nitrogen and oxygen atoms in total. The first-order valence-corrected chi connectivity index (χ1v) is 13.3. The molecular formula is C32H37N3O4. The van der Waals surface area contributed by atoms with Crippen LogP contribution in [0.2, 0.25) is 0 Å². The Kier molecular flexibility index (Phi) is 8.21. The van der Waals surface area contributed by atoms with Crippen molar-refractivity contribution in [2.45, 2.75) is 44.4 Å². The van der Waals surface area contributed by atoms with Crippen molar-refractivity contribution in [2.75, 3.05) is 20.6 Å². The number of carbonyl (C=O) groups excluding carboxylic acids is 2. The van der Waals surface area contributed by atoms with Gasteiger partial charge in [0.1, 0.15) is 18.1 Å². The number of carbonyl (C=O) groups is 3. The number of likely N-dealkylation sites (N-methyl/N-ethyl adjacent to an activating group) is 2. The molecule has 4 atom stereocenters. The van der Waals surface area contributed by atoms with E-state index < -0.39 is 35.5 Å². The van der Waals surface area contributed by atoms with Crippen LogP contribution < -0.4 is 0 Å². The van der Waals surface area contributed by atoms with E-state index in [1.807, 2.05) is 54.6 Å². The van der Waals surface area contributed by atoms with Gasteiger partial charge in [0.05, 0.1) is 5.54 Å². The van der Waals surface area contributed by atoms with E-state index >= 15 is 0 Å². The molecule has 2 amide bonds.